The molecule has 1 saturated heterocycles. The molecular formula is C18H29N5O3. The second kappa shape index (κ2) is 9.12. The van der Waals surface area contributed by atoms with Crippen molar-refractivity contribution in [1.82, 2.24) is 25.0 Å². The van der Waals surface area contributed by atoms with Gasteiger partial charge in [0.15, 0.2) is 0 Å². The SMILES string of the molecule is CCOCC(=O)N1CCC(C(=O)NC2CCC(n3cncn3)CC2)CC1. The summed E-state index contributed by atoms with van der Waals surface area (Å²) in [5, 5.41) is 7.44. The van der Waals surface area contributed by atoms with Crippen molar-refractivity contribution in [3.8, 4) is 0 Å². The van der Waals surface area contributed by atoms with E-state index in [1.54, 1.807) is 12.7 Å². The predicted molar refractivity (Wildman–Crippen MR) is 95.3 cm³/mol. The van der Waals surface area contributed by atoms with Crippen LogP contribution in [0.2, 0.25) is 0 Å². The molecule has 1 N–H and O–H groups in total. The molecule has 2 heterocycles. The van der Waals surface area contributed by atoms with Crippen LogP contribution in [0.15, 0.2) is 12.7 Å². The Labute approximate surface area is 154 Å². The normalized spacial score (nSPS) is 24.4. The first kappa shape index (κ1) is 18.8. The number of carbonyl (C=O) groups is 2. The second-order valence-electron chi connectivity index (χ2n) is 7.18. The molecule has 2 fully saturated rings. The molecule has 0 unspecified atom stereocenters. The van der Waals surface area contributed by atoms with Gasteiger partial charge >= 0.3 is 0 Å². The van der Waals surface area contributed by atoms with E-state index in [1.165, 1.54) is 0 Å². The fourth-order valence-electron chi connectivity index (χ4n) is 3.88. The van der Waals surface area contributed by atoms with E-state index in [0.717, 1.165) is 38.5 Å². The monoisotopic (exact) mass is 363 g/mol. The van der Waals surface area contributed by atoms with Crippen LogP contribution < -0.4 is 5.32 Å². The molecule has 1 aromatic rings. The summed E-state index contributed by atoms with van der Waals surface area (Å²) in [7, 11) is 0. The average Bonchev–Trinajstić information content (AvgIpc) is 3.21. The highest BCUT2D eigenvalue weighted by Gasteiger charge is 2.30. The van der Waals surface area contributed by atoms with E-state index in [-0.39, 0.29) is 30.4 Å². The van der Waals surface area contributed by atoms with Gasteiger partial charge in [-0.05, 0) is 45.4 Å². The maximum absolute atomic E-state index is 12.6. The molecule has 2 amide bonds. The molecule has 8 nitrogen and oxygen atoms in total. The van der Waals surface area contributed by atoms with Gasteiger partial charge in [0.1, 0.15) is 19.3 Å². The fraction of sp³-hybridized carbons (Fsp3) is 0.778. The van der Waals surface area contributed by atoms with Gasteiger partial charge in [-0.25, -0.2) is 9.67 Å². The number of nitrogens with zero attached hydrogens (tertiary/aromatic N) is 4. The summed E-state index contributed by atoms with van der Waals surface area (Å²) in [5.41, 5.74) is 0. The lowest BCUT2D eigenvalue weighted by atomic mass is 9.90. The number of piperidine rings is 1. The van der Waals surface area contributed by atoms with Crippen LogP contribution in [-0.2, 0) is 14.3 Å². The van der Waals surface area contributed by atoms with Crippen LogP contribution in [-0.4, -0.2) is 63.8 Å². The highest BCUT2D eigenvalue weighted by molar-refractivity contribution is 5.80. The number of amides is 2. The Kier molecular flexibility index (Phi) is 6.60. The summed E-state index contributed by atoms with van der Waals surface area (Å²) in [5.74, 6) is 0.183. The maximum Gasteiger partial charge on any atom is 0.248 e. The van der Waals surface area contributed by atoms with Crippen LogP contribution in [0.1, 0.15) is 51.5 Å². The van der Waals surface area contributed by atoms with E-state index in [1.807, 2.05) is 16.5 Å². The van der Waals surface area contributed by atoms with Crippen LogP contribution >= 0.6 is 0 Å². The average molecular weight is 363 g/mol. The zero-order chi connectivity index (χ0) is 18.4. The molecule has 8 heteroatoms. The van der Waals surface area contributed by atoms with Crippen molar-refractivity contribution < 1.29 is 14.3 Å². The Morgan fingerprint density at radius 1 is 1.15 bits per heavy atom. The molecule has 1 aromatic heterocycles. The summed E-state index contributed by atoms with van der Waals surface area (Å²) in [6, 6.07) is 0.644. The third-order valence-electron chi connectivity index (χ3n) is 5.50. The molecule has 1 saturated carbocycles. The van der Waals surface area contributed by atoms with Crippen molar-refractivity contribution in [3.63, 3.8) is 0 Å². The number of hydrogen-bond donors (Lipinski definition) is 1. The number of rotatable bonds is 6. The van der Waals surface area contributed by atoms with Crippen LogP contribution in [0.4, 0.5) is 0 Å². The van der Waals surface area contributed by atoms with Crippen molar-refractivity contribution in [2.24, 2.45) is 5.92 Å². The lowest BCUT2D eigenvalue weighted by Crippen LogP contribution is -2.46. The Bertz CT molecular complexity index is 576. The number of carbonyl (C=O) groups excluding carboxylic acids is 2. The molecule has 1 aliphatic heterocycles. The smallest absolute Gasteiger partial charge is 0.248 e. The van der Waals surface area contributed by atoms with Gasteiger partial charge in [0.25, 0.3) is 0 Å². The van der Waals surface area contributed by atoms with Crippen LogP contribution in [0.5, 0.6) is 0 Å². The van der Waals surface area contributed by atoms with Gasteiger partial charge < -0.3 is 15.0 Å². The predicted octanol–water partition coefficient (Wildman–Crippen LogP) is 1.15. The Balaban J connectivity index is 1.38. The summed E-state index contributed by atoms with van der Waals surface area (Å²) in [6.07, 6.45) is 8.78. The summed E-state index contributed by atoms with van der Waals surface area (Å²) >= 11 is 0. The van der Waals surface area contributed by atoms with Crippen molar-refractivity contribution in [1.29, 1.82) is 0 Å². The molecule has 0 radical (unpaired) electrons. The minimum absolute atomic E-state index is 0.0131. The second-order valence-corrected chi connectivity index (χ2v) is 7.18. The molecule has 1 aliphatic carbocycles. The van der Waals surface area contributed by atoms with Crippen LogP contribution in [0.3, 0.4) is 0 Å². The first-order valence-electron chi connectivity index (χ1n) is 9.67. The molecule has 3 rings (SSSR count). The highest BCUT2D eigenvalue weighted by Crippen LogP contribution is 2.28. The van der Waals surface area contributed by atoms with Crippen molar-refractivity contribution in [2.75, 3.05) is 26.3 Å². The molecule has 0 aromatic carbocycles. The zero-order valence-corrected chi connectivity index (χ0v) is 15.5. The fourth-order valence-corrected chi connectivity index (χ4v) is 3.88. The number of likely N-dealkylation sites (tertiary alicyclic amines) is 1. The number of ether oxygens (including phenoxy) is 1. The number of aromatic nitrogens is 3. The van der Waals surface area contributed by atoms with E-state index in [0.29, 0.717) is 25.7 Å². The minimum atomic E-state index is 0.0131. The summed E-state index contributed by atoms with van der Waals surface area (Å²) < 4.78 is 7.10. The molecule has 0 atom stereocenters. The molecule has 0 bridgehead atoms. The van der Waals surface area contributed by atoms with Crippen LogP contribution in [0, 0.1) is 5.92 Å². The topological polar surface area (TPSA) is 89.4 Å². The van der Waals surface area contributed by atoms with Gasteiger partial charge in [-0.15, -0.1) is 0 Å². The third-order valence-corrected chi connectivity index (χ3v) is 5.50. The van der Waals surface area contributed by atoms with E-state index < -0.39 is 0 Å². The van der Waals surface area contributed by atoms with Crippen molar-refractivity contribution >= 4 is 11.8 Å². The maximum atomic E-state index is 12.6. The molecule has 26 heavy (non-hydrogen) atoms. The van der Waals surface area contributed by atoms with E-state index in [9.17, 15) is 9.59 Å². The van der Waals surface area contributed by atoms with Gasteiger partial charge in [0, 0.05) is 31.7 Å². The van der Waals surface area contributed by atoms with Gasteiger partial charge in [0.05, 0.1) is 6.04 Å². The molecule has 0 spiro atoms. The molecule has 144 valence electrons. The van der Waals surface area contributed by atoms with Crippen molar-refractivity contribution in [2.45, 2.75) is 57.5 Å². The quantitative estimate of drug-likeness (QED) is 0.819. The van der Waals surface area contributed by atoms with Gasteiger partial charge in [-0.1, -0.05) is 0 Å². The van der Waals surface area contributed by atoms with Gasteiger partial charge in [-0.3, -0.25) is 9.59 Å². The van der Waals surface area contributed by atoms with Gasteiger partial charge in [-0.2, -0.15) is 5.10 Å². The van der Waals surface area contributed by atoms with Gasteiger partial charge in [0.2, 0.25) is 11.8 Å². The lowest BCUT2D eigenvalue weighted by Gasteiger charge is -2.33. The Morgan fingerprint density at radius 3 is 2.50 bits per heavy atom. The first-order chi connectivity index (χ1) is 12.7. The van der Waals surface area contributed by atoms with E-state index >= 15 is 0 Å². The van der Waals surface area contributed by atoms with Crippen molar-refractivity contribution in [3.05, 3.63) is 12.7 Å². The molecule has 2 aliphatic rings. The summed E-state index contributed by atoms with van der Waals surface area (Å²) in [4.78, 5) is 30.3. The first-order valence-corrected chi connectivity index (χ1v) is 9.67. The Hall–Kier alpha value is -1.96. The Morgan fingerprint density at radius 2 is 1.88 bits per heavy atom. The summed E-state index contributed by atoms with van der Waals surface area (Å²) in [6.45, 7) is 3.85. The largest absolute Gasteiger partial charge is 0.372 e. The number of nitrogens with one attached hydrogen (secondary N) is 1. The van der Waals surface area contributed by atoms with E-state index in [4.69, 9.17) is 4.74 Å². The number of hydrogen-bond acceptors (Lipinski definition) is 5. The molecular weight excluding hydrogens is 334 g/mol. The minimum Gasteiger partial charge on any atom is -0.372 e. The highest BCUT2D eigenvalue weighted by atomic mass is 16.5. The third kappa shape index (κ3) is 4.81. The zero-order valence-electron chi connectivity index (χ0n) is 15.5. The lowest BCUT2D eigenvalue weighted by molar-refractivity contribution is -0.139. The van der Waals surface area contributed by atoms with E-state index in [2.05, 4.69) is 15.4 Å². The van der Waals surface area contributed by atoms with Crippen LogP contribution in [0.25, 0.3) is 0 Å². The standard InChI is InChI=1S/C18H29N5O3/c1-2-26-11-17(24)22-9-7-14(8-10-22)18(25)21-15-3-5-16(6-4-15)23-13-19-12-20-23/h12-16H,2-11H2,1H3,(H,21,25).